The molecule has 2 N–H and O–H groups in total. The molecule has 0 aromatic heterocycles. The van der Waals surface area contributed by atoms with E-state index in [9.17, 15) is 0 Å². The van der Waals surface area contributed by atoms with E-state index in [0.29, 0.717) is 0 Å². The van der Waals surface area contributed by atoms with Crippen LogP contribution in [-0.4, -0.2) is 0 Å². The number of rotatable bonds is 4. The molecule has 0 saturated heterocycles. The van der Waals surface area contributed by atoms with Crippen molar-refractivity contribution in [2.45, 2.75) is 32.2 Å². The highest BCUT2D eigenvalue weighted by molar-refractivity contribution is 5.39. The van der Waals surface area contributed by atoms with Gasteiger partial charge in [-0.2, -0.15) is 0 Å². The van der Waals surface area contributed by atoms with Crippen molar-refractivity contribution in [3.8, 4) is 0 Å². The average Bonchev–Trinajstić information content (AvgIpc) is 2.40. The minimum Gasteiger partial charge on any atom is -0.318 e. The van der Waals surface area contributed by atoms with E-state index >= 15 is 0 Å². The Morgan fingerprint density at radius 1 is 0.944 bits per heavy atom. The summed E-state index contributed by atoms with van der Waals surface area (Å²) in [5, 5.41) is 0. The molecule has 94 valence electrons. The van der Waals surface area contributed by atoms with Crippen LogP contribution in [0.5, 0.6) is 0 Å². The van der Waals surface area contributed by atoms with Crippen LogP contribution in [0, 0.1) is 6.92 Å². The largest absolute Gasteiger partial charge is 0.318 e. The predicted molar refractivity (Wildman–Crippen MR) is 77.5 cm³/mol. The van der Waals surface area contributed by atoms with Crippen LogP contribution in [0.3, 0.4) is 0 Å². The van der Waals surface area contributed by atoms with E-state index in [1.807, 2.05) is 6.07 Å². The number of nitrogens with two attached hydrogens (primary N) is 1. The molecule has 1 atom stereocenters. The minimum atomic E-state index is -0.373. The molecule has 0 bridgehead atoms. The maximum absolute atomic E-state index is 6.72. The Bertz CT molecular complexity index is 504. The van der Waals surface area contributed by atoms with Crippen LogP contribution in [0.2, 0.25) is 0 Å². The standard InChI is InChI=1S/C17H21N/c1-3-12-17(18,15-9-5-4-6-10-15)16-11-7-8-14(2)13-16/h4-11,13H,3,12,18H2,1-2H3. The van der Waals surface area contributed by atoms with Crippen LogP contribution in [-0.2, 0) is 5.54 Å². The van der Waals surface area contributed by atoms with Gasteiger partial charge in [-0.3, -0.25) is 0 Å². The molecule has 2 aromatic carbocycles. The van der Waals surface area contributed by atoms with Gasteiger partial charge in [-0.25, -0.2) is 0 Å². The van der Waals surface area contributed by atoms with Gasteiger partial charge in [0.2, 0.25) is 0 Å². The molecule has 0 aliphatic heterocycles. The molecule has 0 radical (unpaired) electrons. The van der Waals surface area contributed by atoms with Crippen molar-refractivity contribution in [2.24, 2.45) is 5.73 Å². The molecule has 0 saturated carbocycles. The van der Waals surface area contributed by atoms with Crippen molar-refractivity contribution in [2.75, 3.05) is 0 Å². The Hall–Kier alpha value is -1.60. The SMILES string of the molecule is CCCC(N)(c1ccccc1)c1cccc(C)c1. The van der Waals surface area contributed by atoms with Crippen LogP contribution in [0.15, 0.2) is 54.6 Å². The first kappa shape index (κ1) is 12.8. The van der Waals surface area contributed by atoms with E-state index in [1.165, 1.54) is 16.7 Å². The monoisotopic (exact) mass is 239 g/mol. The van der Waals surface area contributed by atoms with Gasteiger partial charge < -0.3 is 5.73 Å². The Kier molecular flexibility index (Phi) is 3.83. The Balaban J connectivity index is 2.50. The van der Waals surface area contributed by atoms with Gasteiger partial charge in [-0.1, -0.05) is 73.5 Å². The Morgan fingerprint density at radius 2 is 1.61 bits per heavy atom. The van der Waals surface area contributed by atoms with Crippen molar-refractivity contribution < 1.29 is 0 Å². The molecular weight excluding hydrogens is 218 g/mol. The summed E-state index contributed by atoms with van der Waals surface area (Å²) >= 11 is 0. The van der Waals surface area contributed by atoms with Crippen molar-refractivity contribution in [3.05, 3.63) is 71.3 Å². The zero-order chi connectivity index (χ0) is 13.0. The quantitative estimate of drug-likeness (QED) is 0.857. The third kappa shape index (κ3) is 2.46. The average molecular weight is 239 g/mol. The van der Waals surface area contributed by atoms with Gasteiger partial charge in [0.25, 0.3) is 0 Å². The van der Waals surface area contributed by atoms with Crippen LogP contribution >= 0.6 is 0 Å². The van der Waals surface area contributed by atoms with E-state index in [4.69, 9.17) is 5.73 Å². The summed E-state index contributed by atoms with van der Waals surface area (Å²) in [6.45, 7) is 4.29. The highest BCUT2D eigenvalue weighted by Gasteiger charge is 2.28. The molecule has 0 fully saturated rings. The highest BCUT2D eigenvalue weighted by Crippen LogP contribution is 2.31. The van der Waals surface area contributed by atoms with E-state index in [2.05, 4.69) is 62.4 Å². The van der Waals surface area contributed by atoms with E-state index in [0.717, 1.165) is 12.8 Å². The van der Waals surface area contributed by atoms with Gasteiger partial charge in [0.1, 0.15) is 0 Å². The summed E-state index contributed by atoms with van der Waals surface area (Å²) in [5.41, 5.74) is 10.0. The Morgan fingerprint density at radius 3 is 2.22 bits per heavy atom. The zero-order valence-corrected chi connectivity index (χ0v) is 11.2. The fourth-order valence-corrected chi connectivity index (χ4v) is 2.51. The molecule has 0 aliphatic rings. The first-order valence-corrected chi connectivity index (χ1v) is 6.58. The van der Waals surface area contributed by atoms with Crippen LogP contribution in [0.4, 0.5) is 0 Å². The first-order valence-electron chi connectivity index (χ1n) is 6.58. The van der Waals surface area contributed by atoms with E-state index in [-0.39, 0.29) is 5.54 Å². The number of hydrogen-bond donors (Lipinski definition) is 1. The lowest BCUT2D eigenvalue weighted by molar-refractivity contribution is 0.485. The molecule has 1 heteroatoms. The maximum atomic E-state index is 6.72. The fraction of sp³-hybridized carbons (Fsp3) is 0.294. The second kappa shape index (κ2) is 5.36. The summed E-state index contributed by atoms with van der Waals surface area (Å²) in [4.78, 5) is 0. The van der Waals surface area contributed by atoms with Gasteiger partial charge in [0.05, 0.1) is 5.54 Å². The molecule has 0 amide bonds. The molecule has 0 aliphatic carbocycles. The molecule has 0 heterocycles. The van der Waals surface area contributed by atoms with E-state index in [1.54, 1.807) is 0 Å². The first-order chi connectivity index (χ1) is 8.66. The molecule has 1 unspecified atom stereocenters. The van der Waals surface area contributed by atoms with Crippen molar-refractivity contribution in [3.63, 3.8) is 0 Å². The summed E-state index contributed by atoms with van der Waals surface area (Å²) in [7, 11) is 0. The topological polar surface area (TPSA) is 26.0 Å². The molecule has 1 nitrogen and oxygen atoms in total. The predicted octanol–water partition coefficient (Wildman–Crippen LogP) is 4.00. The van der Waals surface area contributed by atoms with Gasteiger partial charge in [-0.05, 0) is 24.5 Å². The third-order valence-electron chi connectivity index (χ3n) is 3.47. The van der Waals surface area contributed by atoms with Crippen molar-refractivity contribution in [1.29, 1.82) is 0 Å². The molecule has 0 spiro atoms. The molecule has 2 rings (SSSR count). The third-order valence-corrected chi connectivity index (χ3v) is 3.47. The van der Waals surface area contributed by atoms with Crippen molar-refractivity contribution in [1.82, 2.24) is 0 Å². The number of aryl methyl sites for hydroxylation is 1. The Labute approximate surface area is 110 Å². The van der Waals surface area contributed by atoms with Crippen LogP contribution in [0.25, 0.3) is 0 Å². The van der Waals surface area contributed by atoms with E-state index < -0.39 is 0 Å². The minimum absolute atomic E-state index is 0.373. The number of benzene rings is 2. The van der Waals surface area contributed by atoms with Crippen LogP contribution in [0.1, 0.15) is 36.5 Å². The van der Waals surface area contributed by atoms with Crippen molar-refractivity contribution >= 4 is 0 Å². The maximum Gasteiger partial charge on any atom is 0.0665 e. The van der Waals surface area contributed by atoms with Gasteiger partial charge in [0, 0.05) is 0 Å². The number of hydrogen-bond acceptors (Lipinski definition) is 1. The van der Waals surface area contributed by atoms with Gasteiger partial charge in [-0.15, -0.1) is 0 Å². The smallest absolute Gasteiger partial charge is 0.0665 e. The molecule has 2 aromatic rings. The second-order valence-corrected chi connectivity index (χ2v) is 4.96. The second-order valence-electron chi connectivity index (χ2n) is 4.96. The normalized spacial score (nSPS) is 14.2. The molecule has 18 heavy (non-hydrogen) atoms. The van der Waals surface area contributed by atoms with Gasteiger partial charge >= 0.3 is 0 Å². The summed E-state index contributed by atoms with van der Waals surface area (Å²) < 4.78 is 0. The highest BCUT2D eigenvalue weighted by atomic mass is 14.7. The lowest BCUT2D eigenvalue weighted by Gasteiger charge is -2.31. The lowest BCUT2D eigenvalue weighted by Crippen LogP contribution is -2.37. The summed E-state index contributed by atoms with van der Waals surface area (Å²) in [6.07, 6.45) is 2.03. The summed E-state index contributed by atoms with van der Waals surface area (Å²) in [5.74, 6) is 0. The zero-order valence-electron chi connectivity index (χ0n) is 11.2. The fourth-order valence-electron chi connectivity index (χ4n) is 2.51. The molecular formula is C17H21N. The lowest BCUT2D eigenvalue weighted by atomic mass is 9.80. The summed E-state index contributed by atoms with van der Waals surface area (Å²) in [6, 6.07) is 18.9. The van der Waals surface area contributed by atoms with Crippen LogP contribution < -0.4 is 5.73 Å². The van der Waals surface area contributed by atoms with Gasteiger partial charge in [0.15, 0.2) is 0 Å².